The Kier molecular flexibility index (Phi) is 8.20. The molecule has 4 atom stereocenters. The van der Waals surface area contributed by atoms with Gasteiger partial charge in [0.2, 0.25) is 5.78 Å². The van der Waals surface area contributed by atoms with Crippen LogP contribution in [0.4, 0.5) is 5.82 Å². The lowest BCUT2D eigenvalue weighted by atomic mass is 9.57. The molecule has 2 amide bonds. The number of nitrogens with one attached hydrogen (secondary N) is 1. The summed E-state index contributed by atoms with van der Waals surface area (Å²) in [5.41, 5.74) is 3.21. The number of nitrogens with two attached hydrogens (primary N) is 1. The summed E-state index contributed by atoms with van der Waals surface area (Å²) in [6.45, 7) is -0.142. The molecule has 0 spiro atoms. The number of aromatic hydroxyl groups is 1. The van der Waals surface area contributed by atoms with E-state index < -0.39 is 58.0 Å². The minimum atomic E-state index is -2.70. The van der Waals surface area contributed by atoms with Crippen LogP contribution in [0.5, 0.6) is 5.75 Å². The molecular weight excluding hydrogens is 560 g/mol. The van der Waals surface area contributed by atoms with E-state index in [4.69, 9.17) is 10.5 Å². The van der Waals surface area contributed by atoms with Gasteiger partial charge >= 0.3 is 0 Å². The molecule has 228 valence electrons. The maximum atomic E-state index is 13.9. The van der Waals surface area contributed by atoms with Gasteiger partial charge in [0, 0.05) is 30.4 Å². The van der Waals surface area contributed by atoms with Gasteiger partial charge in [-0.25, -0.2) is 4.98 Å². The predicted octanol–water partition coefficient (Wildman–Crippen LogP) is 1.25. The van der Waals surface area contributed by atoms with Gasteiger partial charge in [-0.05, 0) is 62.2 Å². The zero-order valence-corrected chi connectivity index (χ0v) is 23.0. The van der Waals surface area contributed by atoms with Crippen LogP contribution < -0.4 is 11.1 Å². The molecule has 1 fully saturated rings. The summed E-state index contributed by atoms with van der Waals surface area (Å²) in [5.74, 6) is -7.21. The number of aromatic nitrogens is 1. The molecular formula is C30H34N4O9. The summed E-state index contributed by atoms with van der Waals surface area (Å²) < 4.78 is 4.80. The molecule has 2 aromatic rings. The van der Waals surface area contributed by atoms with Crippen molar-refractivity contribution in [2.24, 2.45) is 17.6 Å². The second-order valence-corrected chi connectivity index (χ2v) is 10.9. The van der Waals surface area contributed by atoms with Crippen molar-refractivity contribution in [3.05, 3.63) is 58.5 Å². The monoisotopic (exact) mass is 594 g/mol. The second kappa shape index (κ2) is 11.2. The third kappa shape index (κ3) is 4.75. The number of phenols is 1. The predicted molar refractivity (Wildman–Crippen MR) is 155 cm³/mol. The number of ether oxygens (including phenoxy) is 1. The number of anilines is 1. The summed E-state index contributed by atoms with van der Waals surface area (Å²) in [5, 5.41) is 47.4. The first-order chi connectivity index (χ1) is 19.8. The van der Waals surface area contributed by atoms with Gasteiger partial charge in [-0.2, -0.15) is 0 Å². The van der Waals surface area contributed by atoms with E-state index >= 15 is 0 Å². The highest BCUT2D eigenvalue weighted by Crippen LogP contribution is 2.53. The molecule has 1 saturated carbocycles. The third-order valence-electron chi connectivity index (χ3n) is 8.22. The van der Waals surface area contributed by atoms with E-state index in [0.717, 1.165) is 0 Å². The molecule has 7 N–H and O–H groups in total. The average molecular weight is 595 g/mol. The number of primary amides is 1. The summed E-state index contributed by atoms with van der Waals surface area (Å²) >= 11 is 0. The number of carbonyl (C=O) groups excluding carboxylic acids is 4. The van der Waals surface area contributed by atoms with Crippen molar-refractivity contribution >= 4 is 35.0 Å². The van der Waals surface area contributed by atoms with Crippen LogP contribution in [0.1, 0.15) is 25.0 Å². The van der Waals surface area contributed by atoms with Gasteiger partial charge in [0.1, 0.15) is 35.3 Å². The van der Waals surface area contributed by atoms with Crippen molar-refractivity contribution in [3.63, 3.8) is 0 Å². The van der Waals surface area contributed by atoms with E-state index in [9.17, 15) is 39.6 Å². The Hall–Kier alpha value is -4.59. The zero-order valence-electron chi connectivity index (χ0n) is 23.0. The average Bonchev–Trinajstić information content (AvgIpc) is 2.91. The van der Waals surface area contributed by atoms with Crippen LogP contribution in [0.25, 0.3) is 16.9 Å². The third-order valence-corrected chi connectivity index (χ3v) is 8.22. The fraction of sp³-hybridized carbons (Fsp3) is 0.367. The molecule has 1 heterocycles. The summed E-state index contributed by atoms with van der Waals surface area (Å²) in [7, 11) is 4.47. The van der Waals surface area contributed by atoms with E-state index in [0.29, 0.717) is 16.7 Å². The number of likely N-dealkylation sites (N-methyl/N-ethyl adjacent to an activating group) is 1. The van der Waals surface area contributed by atoms with Crippen LogP contribution >= 0.6 is 0 Å². The molecule has 43 heavy (non-hydrogen) atoms. The molecule has 1 aromatic carbocycles. The molecule has 5 rings (SSSR count). The Bertz CT molecular complexity index is 1600. The summed E-state index contributed by atoms with van der Waals surface area (Å²) in [4.78, 5) is 56.8. The van der Waals surface area contributed by atoms with Crippen molar-refractivity contribution in [3.8, 4) is 16.9 Å². The molecule has 0 unspecified atom stereocenters. The molecule has 13 nitrogen and oxygen atoms in total. The minimum Gasteiger partial charge on any atom is -0.508 e. The number of rotatable bonds is 6. The lowest BCUT2D eigenvalue weighted by Crippen LogP contribution is -2.65. The highest BCUT2D eigenvalue weighted by Gasteiger charge is 2.64. The maximum Gasteiger partial charge on any atom is 0.255 e. The Morgan fingerprint density at radius 3 is 2.44 bits per heavy atom. The quantitative estimate of drug-likeness (QED) is 0.262. The number of carbonyl (C=O) groups is 4. The number of benzene rings is 1. The van der Waals surface area contributed by atoms with Crippen LogP contribution in [-0.2, 0) is 30.3 Å². The normalized spacial score (nSPS) is 24.6. The number of fused-ring (bicyclic) bond motifs is 3. The maximum absolute atomic E-state index is 13.9. The van der Waals surface area contributed by atoms with E-state index in [2.05, 4.69) is 10.3 Å². The van der Waals surface area contributed by atoms with Crippen LogP contribution in [0, 0.1) is 11.8 Å². The Morgan fingerprint density at radius 1 is 1.16 bits per heavy atom. The van der Waals surface area contributed by atoms with Gasteiger partial charge in [0.05, 0.1) is 11.6 Å². The van der Waals surface area contributed by atoms with E-state index in [-0.39, 0.29) is 55.5 Å². The van der Waals surface area contributed by atoms with Gasteiger partial charge in [0.15, 0.2) is 11.4 Å². The SMILES string of the molecule is C.COCC(=O)Nc1ccc(-c2ccc(O)c3c2C[C@H]2C[C@H]4[C@H](N(C)C)C(=O)C(C(N)=O)=C(O)[C@@]4(O)C(=O)C2=C3O)cn1. The highest BCUT2D eigenvalue weighted by atomic mass is 16.5. The Balaban J connectivity index is 0.00000423. The number of hydrogen-bond donors (Lipinski definition) is 6. The fourth-order valence-electron chi connectivity index (χ4n) is 6.45. The largest absolute Gasteiger partial charge is 0.508 e. The van der Waals surface area contributed by atoms with Gasteiger partial charge in [-0.3, -0.25) is 24.1 Å². The number of hydrogen-bond acceptors (Lipinski definition) is 11. The molecule has 0 bridgehead atoms. The number of methoxy groups -OCH3 is 1. The highest BCUT2D eigenvalue weighted by molar-refractivity contribution is 6.24. The molecule has 13 heteroatoms. The smallest absolute Gasteiger partial charge is 0.255 e. The molecule has 0 radical (unpaired) electrons. The number of aliphatic hydroxyl groups excluding tert-OH is 2. The van der Waals surface area contributed by atoms with Gasteiger partial charge in [-0.15, -0.1) is 0 Å². The zero-order chi connectivity index (χ0) is 30.7. The number of pyridine rings is 1. The van der Waals surface area contributed by atoms with E-state index in [1.54, 1.807) is 18.2 Å². The van der Waals surface area contributed by atoms with Crippen LogP contribution in [0.3, 0.4) is 0 Å². The van der Waals surface area contributed by atoms with Crippen molar-refractivity contribution in [2.45, 2.75) is 31.9 Å². The Morgan fingerprint density at radius 2 is 1.86 bits per heavy atom. The second-order valence-electron chi connectivity index (χ2n) is 10.9. The van der Waals surface area contributed by atoms with Crippen molar-refractivity contribution in [2.75, 3.05) is 33.1 Å². The van der Waals surface area contributed by atoms with E-state index in [1.165, 1.54) is 38.4 Å². The summed E-state index contributed by atoms with van der Waals surface area (Å²) in [6, 6.07) is 5.08. The topological polar surface area (TPSA) is 213 Å². The number of aliphatic hydroxyl groups is 3. The number of ketones is 2. The summed E-state index contributed by atoms with van der Waals surface area (Å²) in [6.07, 6.45) is 1.61. The standard InChI is InChI=1S/C29H30N4O9.CH4/c1-33(2)23-16-9-13-8-15-14(12-4-7-18(31-10-12)32-19(35)11-42-3)5-6-17(34)21(15)24(36)20(13)26(38)29(16,41)27(39)22(25(23)37)28(30)40;/h4-7,10,13,16,23,34,36,39,41H,8-9,11H2,1-3H3,(H2,30,40)(H,31,32,35);1H4/t13-,16-,23-,29-;/m0./s1. The van der Waals surface area contributed by atoms with Crippen LogP contribution in [-0.4, -0.2) is 93.1 Å². The molecule has 3 aliphatic rings. The molecule has 3 aliphatic carbocycles. The van der Waals surface area contributed by atoms with E-state index in [1.807, 2.05) is 0 Å². The van der Waals surface area contributed by atoms with Crippen LogP contribution in [0.2, 0.25) is 0 Å². The van der Waals surface area contributed by atoms with Gasteiger partial charge in [-0.1, -0.05) is 13.5 Å². The number of amides is 2. The molecule has 0 aliphatic heterocycles. The minimum absolute atomic E-state index is 0. The lowest BCUT2D eigenvalue weighted by Gasteiger charge is -2.50. The first-order valence-corrected chi connectivity index (χ1v) is 13.1. The number of Topliss-reactive ketones (excluding diaryl/α,β-unsaturated/α-hetero) is 2. The first kappa shape index (κ1) is 31.3. The van der Waals surface area contributed by atoms with Crippen molar-refractivity contribution in [1.82, 2.24) is 9.88 Å². The first-order valence-electron chi connectivity index (χ1n) is 13.1. The molecule has 1 aromatic heterocycles. The van der Waals surface area contributed by atoms with Gasteiger partial charge < -0.3 is 36.2 Å². The van der Waals surface area contributed by atoms with Crippen molar-refractivity contribution < 1.29 is 44.3 Å². The van der Waals surface area contributed by atoms with Crippen molar-refractivity contribution in [1.29, 1.82) is 0 Å². The van der Waals surface area contributed by atoms with Gasteiger partial charge in [0.25, 0.3) is 11.8 Å². The molecule has 0 saturated heterocycles. The van der Waals surface area contributed by atoms with Crippen LogP contribution in [0.15, 0.2) is 47.4 Å². The fourth-order valence-corrected chi connectivity index (χ4v) is 6.45. The lowest BCUT2D eigenvalue weighted by molar-refractivity contribution is -0.153. The Labute approximate surface area is 247 Å². The number of phenolic OH excluding ortho intramolecular Hbond substituents is 1. The number of nitrogens with zero attached hydrogens (tertiary/aromatic N) is 2.